The van der Waals surface area contributed by atoms with Crippen LogP contribution in [-0.2, 0) is 0 Å². The molecule has 0 atom stereocenters. The molecule has 0 N–H and O–H groups in total. The van der Waals surface area contributed by atoms with Crippen LogP contribution in [0.15, 0.2) is 60.7 Å². The Morgan fingerprint density at radius 3 is 2.26 bits per heavy atom. The normalized spacial score (nSPS) is 11.1. The van der Waals surface area contributed by atoms with Gasteiger partial charge in [0.1, 0.15) is 0 Å². The first-order chi connectivity index (χ1) is 9.25. The summed E-state index contributed by atoms with van der Waals surface area (Å²) in [6.07, 6.45) is 0. The van der Waals surface area contributed by atoms with Crippen LogP contribution in [0.2, 0.25) is 0 Å². The van der Waals surface area contributed by atoms with Gasteiger partial charge in [-0.2, -0.15) is 0 Å². The van der Waals surface area contributed by atoms with E-state index < -0.39 is 0 Å². The first kappa shape index (κ1) is 11.9. The van der Waals surface area contributed by atoms with Gasteiger partial charge in [0.25, 0.3) is 0 Å². The molecule has 94 valence electrons. The van der Waals surface area contributed by atoms with E-state index in [1.165, 1.54) is 22.2 Å². The summed E-state index contributed by atoms with van der Waals surface area (Å²) in [6.45, 7) is 4.40. The van der Waals surface area contributed by atoms with E-state index in [0.29, 0.717) is 5.92 Å². The van der Waals surface area contributed by atoms with E-state index in [2.05, 4.69) is 62.4 Å². The minimum atomic E-state index is 0.416. The lowest BCUT2D eigenvalue weighted by atomic mass is 9.96. The molecule has 1 aromatic heterocycles. The second-order valence-electron chi connectivity index (χ2n) is 5.13. The molecule has 2 aromatic carbocycles. The molecule has 1 heterocycles. The molecular weight excluding hydrogens is 230 g/mol. The summed E-state index contributed by atoms with van der Waals surface area (Å²) in [6, 6.07) is 21.1. The van der Waals surface area contributed by atoms with Crippen molar-refractivity contribution in [2.75, 3.05) is 0 Å². The molecule has 19 heavy (non-hydrogen) atoms. The summed E-state index contributed by atoms with van der Waals surface area (Å²) in [5.74, 6) is 0.416. The third-order valence-corrected chi connectivity index (χ3v) is 3.39. The lowest BCUT2D eigenvalue weighted by Crippen LogP contribution is -1.97. The van der Waals surface area contributed by atoms with Crippen LogP contribution < -0.4 is 0 Å². The summed E-state index contributed by atoms with van der Waals surface area (Å²) in [5.41, 5.74) is 4.73. The third kappa shape index (κ3) is 2.24. The topological polar surface area (TPSA) is 12.9 Å². The molecule has 0 bridgehead atoms. The van der Waals surface area contributed by atoms with Crippen molar-refractivity contribution in [3.8, 4) is 11.1 Å². The lowest BCUT2D eigenvalue weighted by Gasteiger charge is -2.13. The van der Waals surface area contributed by atoms with Crippen LogP contribution in [-0.4, -0.2) is 4.98 Å². The van der Waals surface area contributed by atoms with Gasteiger partial charge in [0.05, 0.1) is 11.2 Å². The number of hydrogen-bond acceptors (Lipinski definition) is 1. The highest BCUT2D eigenvalue weighted by molar-refractivity contribution is 5.85. The van der Waals surface area contributed by atoms with E-state index in [0.717, 1.165) is 5.52 Å². The van der Waals surface area contributed by atoms with Crippen molar-refractivity contribution < 1.29 is 0 Å². The smallest absolute Gasteiger partial charge is 0.0705 e. The highest BCUT2D eigenvalue weighted by atomic mass is 14.7. The van der Waals surface area contributed by atoms with Crippen molar-refractivity contribution in [2.45, 2.75) is 19.8 Å². The quantitative estimate of drug-likeness (QED) is 0.619. The Bertz CT molecular complexity index is 699. The second-order valence-corrected chi connectivity index (χ2v) is 5.13. The number of hydrogen-bond donors (Lipinski definition) is 0. The second kappa shape index (κ2) is 4.85. The van der Waals surface area contributed by atoms with Crippen molar-refractivity contribution in [3.05, 3.63) is 66.4 Å². The van der Waals surface area contributed by atoms with Gasteiger partial charge in [-0.3, -0.25) is 4.98 Å². The standard InChI is InChI=1S/C18H17N/c1-13(2)18-16(14-8-4-3-5-9-14)12-15-10-6-7-11-17(15)19-18/h3-13H,1-2H3. The Morgan fingerprint density at radius 2 is 1.53 bits per heavy atom. The van der Waals surface area contributed by atoms with Gasteiger partial charge >= 0.3 is 0 Å². The maximum Gasteiger partial charge on any atom is 0.0705 e. The minimum Gasteiger partial charge on any atom is -0.252 e. The van der Waals surface area contributed by atoms with Gasteiger partial charge in [0.2, 0.25) is 0 Å². The number of fused-ring (bicyclic) bond motifs is 1. The maximum atomic E-state index is 4.85. The fraction of sp³-hybridized carbons (Fsp3) is 0.167. The molecule has 0 saturated heterocycles. The van der Waals surface area contributed by atoms with E-state index in [1.54, 1.807) is 0 Å². The Morgan fingerprint density at radius 1 is 0.842 bits per heavy atom. The molecule has 3 aromatic rings. The van der Waals surface area contributed by atoms with Gasteiger partial charge in [-0.1, -0.05) is 62.4 Å². The van der Waals surface area contributed by atoms with Gasteiger partial charge in [0.15, 0.2) is 0 Å². The van der Waals surface area contributed by atoms with Crippen LogP contribution in [0.1, 0.15) is 25.5 Å². The monoisotopic (exact) mass is 247 g/mol. The number of pyridine rings is 1. The van der Waals surface area contributed by atoms with Crippen LogP contribution >= 0.6 is 0 Å². The molecule has 1 nitrogen and oxygen atoms in total. The number of para-hydroxylation sites is 1. The summed E-state index contributed by atoms with van der Waals surface area (Å²) in [7, 11) is 0. The first-order valence-corrected chi connectivity index (χ1v) is 6.71. The molecule has 0 radical (unpaired) electrons. The molecule has 1 heteroatoms. The van der Waals surface area contributed by atoms with Crippen LogP contribution in [0.5, 0.6) is 0 Å². The molecule has 0 aliphatic rings. The first-order valence-electron chi connectivity index (χ1n) is 6.71. The maximum absolute atomic E-state index is 4.85. The third-order valence-electron chi connectivity index (χ3n) is 3.39. The summed E-state index contributed by atoms with van der Waals surface area (Å²) < 4.78 is 0. The number of benzene rings is 2. The zero-order valence-corrected chi connectivity index (χ0v) is 11.3. The Hall–Kier alpha value is -2.15. The van der Waals surface area contributed by atoms with Gasteiger partial charge in [0, 0.05) is 10.9 Å². The minimum absolute atomic E-state index is 0.416. The Kier molecular flexibility index (Phi) is 3.04. The van der Waals surface area contributed by atoms with Crippen molar-refractivity contribution >= 4 is 10.9 Å². The van der Waals surface area contributed by atoms with Crippen molar-refractivity contribution in [2.24, 2.45) is 0 Å². The predicted molar refractivity (Wildman–Crippen MR) is 81.3 cm³/mol. The molecular formula is C18H17N. The molecule has 0 fully saturated rings. The highest BCUT2D eigenvalue weighted by Crippen LogP contribution is 2.30. The summed E-state index contributed by atoms with van der Waals surface area (Å²) in [5, 5.41) is 1.20. The molecule has 0 saturated carbocycles. The van der Waals surface area contributed by atoms with Gasteiger partial charge < -0.3 is 0 Å². The average molecular weight is 247 g/mol. The van der Waals surface area contributed by atoms with Crippen LogP contribution in [0.3, 0.4) is 0 Å². The van der Waals surface area contributed by atoms with Crippen molar-refractivity contribution in [1.82, 2.24) is 4.98 Å². The van der Waals surface area contributed by atoms with E-state index in [4.69, 9.17) is 4.98 Å². The van der Waals surface area contributed by atoms with Gasteiger partial charge in [-0.05, 0) is 23.6 Å². The molecule has 0 spiro atoms. The van der Waals surface area contributed by atoms with Crippen molar-refractivity contribution in [3.63, 3.8) is 0 Å². The van der Waals surface area contributed by atoms with Gasteiger partial charge in [-0.15, -0.1) is 0 Å². The largest absolute Gasteiger partial charge is 0.252 e. The highest BCUT2D eigenvalue weighted by Gasteiger charge is 2.11. The number of rotatable bonds is 2. The Balaban J connectivity index is 2.30. The SMILES string of the molecule is CC(C)c1nc2ccccc2cc1-c1ccccc1. The Labute approximate surface area is 113 Å². The van der Waals surface area contributed by atoms with E-state index in [-0.39, 0.29) is 0 Å². The van der Waals surface area contributed by atoms with Gasteiger partial charge in [-0.25, -0.2) is 0 Å². The zero-order chi connectivity index (χ0) is 13.2. The fourth-order valence-electron chi connectivity index (χ4n) is 2.42. The van der Waals surface area contributed by atoms with E-state index in [1.807, 2.05) is 12.1 Å². The molecule has 0 unspecified atom stereocenters. The summed E-state index contributed by atoms with van der Waals surface area (Å²) in [4.78, 5) is 4.85. The average Bonchev–Trinajstić information content (AvgIpc) is 2.46. The number of nitrogens with zero attached hydrogens (tertiary/aromatic N) is 1. The van der Waals surface area contributed by atoms with Crippen molar-refractivity contribution in [1.29, 1.82) is 0 Å². The molecule has 0 amide bonds. The van der Waals surface area contributed by atoms with E-state index in [9.17, 15) is 0 Å². The zero-order valence-electron chi connectivity index (χ0n) is 11.3. The van der Waals surface area contributed by atoms with Crippen LogP contribution in [0.25, 0.3) is 22.0 Å². The molecule has 0 aliphatic carbocycles. The predicted octanol–water partition coefficient (Wildman–Crippen LogP) is 5.03. The van der Waals surface area contributed by atoms with Crippen LogP contribution in [0.4, 0.5) is 0 Å². The summed E-state index contributed by atoms with van der Waals surface area (Å²) >= 11 is 0. The van der Waals surface area contributed by atoms with Crippen LogP contribution in [0, 0.1) is 0 Å². The molecule has 3 rings (SSSR count). The molecule has 0 aliphatic heterocycles. The van der Waals surface area contributed by atoms with E-state index >= 15 is 0 Å². The lowest BCUT2D eigenvalue weighted by molar-refractivity contribution is 0.833. The number of aromatic nitrogens is 1. The fourth-order valence-corrected chi connectivity index (χ4v) is 2.42.